The van der Waals surface area contributed by atoms with Crippen LogP contribution in [0, 0.1) is 11.6 Å². The first-order valence-electron chi connectivity index (χ1n) is 9.71. The Morgan fingerprint density at radius 1 is 0.968 bits per heavy atom. The summed E-state index contributed by atoms with van der Waals surface area (Å²) in [4.78, 5) is 13.2. The van der Waals surface area contributed by atoms with Crippen LogP contribution in [0.25, 0.3) is 0 Å². The number of fused-ring (bicyclic) bond motifs is 1. The Morgan fingerprint density at radius 2 is 1.68 bits per heavy atom. The van der Waals surface area contributed by atoms with Gasteiger partial charge >= 0.3 is 6.03 Å². The molecule has 0 radical (unpaired) electrons. The summed E-state index contributed by atoms with van der Waals surface area (Å²) in [6.07, 6.45) is 0. The van der Waals surface area contributed by atoms with Crippen molar-refractivity contribution < 1.29 is 31.5 Å². The normalized spacial score (nSPS) is 16.8. The van der Waals surface area contributed by atoms with Gasteiger partial charge in [0, 0.05) is 32.7 Å². The summed E-state index contributed by atoms with van der Waals surface area (Å²) in [6, 6.07) is 7.37. The van der Waals surface area contributed by atoms with Crippen molar-refractivity contribution in [2.75, 3.05) is 39.4 Å². The quantitative estimate of drug-likeness (QED) is 0.765. The SMILES string of the molecule is O=C(NCc1ccc2c(c1)OCCO2)N1CCN(S(=O)(=O)c2cc(F)ccc2F)CC1. The second-order valence-electron chi connectivity index (χ2n) is 7.10. The molecular weight excluding hydrogens is 432 g/mol. The average molecular weight is 453 g/mol. The number of urea groups is 1. The molecule has 8 nitrogen and oxygen atoms in total. The molecule has 0 aliphatic carbocycles. The van der Waals surface area contributed by atoms with E-state index in [4.69, 9.17) is 9.47 Å². The van der Waals surface area contributed by atoms with Crippen molar-refractivity contribution >= 4 is 16.1 Å². The average Bonchev–Trinajstić information content (AvgIpc) is 2.79. The molecule has 0 spiro atoms. The second kappa shape index (κ2) is 8.67. The molecular formula is C20H21F2N3O5S. The lowest BCUT2D eigenvalue weighted by atomic mass is 10.2. The summed E-state index contributed by atoms with van der Waals surface area (Å²) >= 11 is 0. The first-order chi connectivity index (χ1) is 14.8. The molecule has 11 heteroatoms. The summed E-state index contributed by atoms with van der Waals surface area (Å²) in [6.45, 7) is 1.45. The van der Waals surface area contributed by atoms with Gasteiger partial charge in [-0.2, -0.15) is 4.31 Å². The van der Waals surface area contributed by atoms with Gasteiger partial charge in [0.1, 0.15) is 29.7 Å². The first kappa shape index (κ1) is 21.3. The van der Waals surface area contributed by atoms with Crippen LogP contribution >= 0.6 is 0 Å². The third kappa shape index (κ3) is 4.57. The van der Waals surface area contributed by atoms with E-state index in [9.17, 15) is 22.0 Å². The number of rotatable bonds is 4. The number of ether oxygens (including phenoxy) is 2. The van der Waals surface area contributed by atoms with Crippen LogP contribution in [0.2, 0.25) is 0 Å². The van der Waals surface area contributed by atoms with Gasteiger partial charge in [0.05, 0.1) is 0 Å². The van der Waals surface area contributed by atoms with Crippen molar-refractivity contribution in [2.24, 2.45) is 0 Å². The fraction of sp³-hybridized carbons (Fsp3) is 0.350. The minimum atomic E-state index is -4.19. The lowest BCUT2D eigenvalue weighted by molar-refractivity contribution is 0.170. The molecule has 166 valence electrons. The fourth-order valence-corrected chi connectivity index (χ4v) is 4.93. The van der Waals surface area contributed by atoms with Gasteiger partial charge in [-0.3, -0.25) is 0 Å². The highest BCUT2D eigenvalue weighted by Crippen LogP contribution is 2.30. The highest BCUT2D eigenvalue weighted by Gasteiger charge is 2.32. The molecule has 2 amide bonds. The van der Waals surface area contributed by atoms with Crippen molar-refractivity contribution in [1.82, 2.24) is 14.5 Å². The minimum absolute atomic E-state index is 0.0181. The molecule has 2 aromatic carbocycles. The van der Waals surface area contributed by atoms with Gasteiger partial charge in [-0.15, -0.1) is 0 Å². The third-order valence-electron chi connectivity index (χ3n) is 5.09. The van der Waals surface area contributed by atoms with Crippen LogP contribution < -0.4 is 14.8 Å². The summed E-state index contributed by atoms with van der Waals surface area (Å²) in [5.74, 6) is -0.562. The smallest absolute Gasteiger partial charge is 0.317 e. The van der Waals surface area contributed by atoms with E-state index in [1.54, 1.807) is 12.1 Å². The monoisotopic (exact) mass is 453 g/mol. The fourth-order valence-electron chi connectivity index (χ4n) is 3.43. The van der Waals surface area contributed by atoms with E-state index < -0.39 is 26.6 Å². The van der Waals surface area contributed by atoms with Gasteiger partial charge in [-0.1, -0.05) is 6.07 Å². The number of carbonyl (C=O) groups is 1. The van der Waals surface area contributed by atoms with Gasteiger partial charge in [-0.05, 0) is 35.9 Å². The Hall–Kier alpha value is -2.92. The molecule has 0 unspecified atom stereocenters. The zero-order valence-corrected chi connectivity index (χ0v) is 17.3. The zero-order valence-electron chi connectivity index (χ0n) is 16.5. The maximum Gasteiger partial charge on any atom is 0.317 e. The summed E-state index contributed by atoms with van der Waals surface area (Å²) < 4.78 is 64.7. The van der Waals surface area contributed by atoms with Crippen LogP contribution in [-0.2, 0) is 16.6 Å². The number of hydrogen-bond acceptors (Lipinski definition) is 5. The van der Waals surface area contributed by atoms with Crippen molar-refractivity contribution in [2.45, 2.75) is 11.4 Å². The maximum atomic E-state index is 13.9. The zero-order chi connectivity index (χ0) is 22.0. The Bertz CT molecular complexity index is 1090. The molecule has 1 saturated heterocycles. The number of halogens is 2. The second-order valence-corrected chi connectivity index (χ2v) is 9.01. The number of carbonyl (C=O) groups excluding carboxylic acids is 1. The number of nitrogens with one attached hydrogen (secondary N) is 1. The van der Waals surface area contributed by atoms with Crippen molar-refractivity contribution in [3.63, 3.8) is 0 Å². The number of benzene rings is 2. The largest absolute Gasteiger partial charge is 0.486 e. The van der Waals surface area contributed by atoms with E-state index in [0.717, 1.165) is 22.0 Å². The van der Waals surface area contributed by atoms with Crippen molar-refractivity contribution in [3.8, 4) is 11.5 Å². The molecule has 0 bridgehead atoms. The first-order valence-corrected chi connectivity index (χ1v) is 11.1. The molecule has 1 fully saturated rings. The maximum absolute atomic E-state index is 13.9. The van der Waals surface area contributed by atoms with Crippen LogP contribution in [0.1, 0.15) is 5.56 Å². The Labute approximate surface area is 178 Å². The minimum Gasteiger partial charge on any atom is -0.486 e. The molecule has 0 aromatic heterocycles. The Morgan fingerprint density at radius 3 is 2.42 bits per heavy atom. The highest BCUT2D eigenvalue weighted by atomic mass is 32.2. The Kier molecular flexibility index (Phi) is 5.96. The van der Waals surface area contributed by atoms with Crippen molar-refractivity contribution in [1.29, 1.82) is 0 Å². The molecule has 2 aliphatic heterocycles. The van der Waals surface area contributed by atoms with Gasteiger partial charge < -0.3 is 19.7 Å². The van der Waals surface area contributed by atoms with Crippen LogP contribution in [0.5, 0.6) is 11.5 Å². The van der Waals surface area contributed by atoms with Gasteiger partial charge in [0.25, 0.3) is 0 Å². The molecule has 2 aromatic rings. The molecule has 4 rings (SSSR count). The predicted molar refractivity (Wildman–Crippen MR) is 106 cm³/mol. The van der Waals surface area contributed by atoms with Gasteiger partial charge in [-0.25, -0.2) is 22.0 Å². The van der Waals surface area contributed by atoms with E-state index in [2.05, 4.69) is 5.32 Å². The van der Waals surface area contributed by atoms with E-state index in [-0.39, 0.29) is 38.8 Å². The summed E-state index contributed by atoms with van der Waals surface area (Å²) in [5, 5.41) is 2.79. The number of hydrogen-bond donors (Lipinski definition) is 1. The number of nitrogens with zero attached hydrogens (tertiary/aromatic N) is 2. The number of amides is 2. The number of sulfonamides is 1. The van der Waals surface area contributed by atoms with E-state index in [1.807, 2.05) is 6.07 Å². The van der Waals surface area contributed by atoms with Gasteiger partial charge in [0.15, 0.2) is 11.5 Å². The summed E-state index contributed by atoms with van der Waals surface area (Å²) in [5.41, 5.74) is 0.834. The Balaban J connectivity index is 1.33. The van der Waals surface area contributed by atoms with E-state index in [0.29, 0.717) is 30.8 Å². The summed E-state index contributed by atoms with van der Waals surface area (Å²) in [7, 11) is -4.19. The standard InChI is InChI=1S/C20H21F2N3O5S/c21-15-2-3-16(22)19(12-15)31(27,28)25-7-5-24(6-8-25)20(26)23-13-14-1-4-17-18(11-14)30-10-9-29-17/h1-4,11-12H,5-10,13H2,(H,23,26). The molecule has 31 heavy (non-hydrogen) atoms. The van der Waals surface area contributed by atoms with Crippen LogP contribution in [0.3, 0.4) is 0 Å². The molecule has 2 heterocycles. The topological polar surface area (TPSA) is 88.2 Å². The van der Waals surface area contributed by atoms with Crippen LogP contribution in [0.4, 0.5) is 13.6 Å². The molecule has 1 N–H and O–H groups in total. The third-order valence-corrected chi connectivity index (χ3v) is 7.00. The molecule has 0 atom stereocenters. The van der Waals surface area contributed by atoms with Crippen LogP contribution in [-0.4, -0.2) is 63.0 Å². The molecule has 2 aliphatic rings. The highest BCUT2D eigenvalue weighted by molar-refractivity contribution is 7.89. The lowest BCUT2D eigenvalue weighted by Gasteiger charge is -2.34. The lowest BCUT2D eigenvalue weighted by Crippen LogP contribution is -2.53. The van der Waals surface area contributed by atoms with E-state index >= 15 is 0 Å². The number of piperazine rings is 1. The van der Waals surface area contributed by atoms with Crippen molar-refractivity contribution in [3.05, 3.63) is 53.6 Å². The van der Waals surface area contributed by atoms with Gasteiger partial charge in [0.2, 0.25) is 10.0 Å². The molecule has 0 saturated carbocycles. The van der Waals surface area contributed by atoms with Crippen LogP contribution in [0.15, 0.2) is 41.3 Å². The van der Waals surface area contributed by atoms with E-state index in [1.165, 1.54) is 4.90 Å². The predicted octanol–water partition coefficient (Wildman–Crippen LogP) is 1.95.